The van der Waals surface area contributed by atoms with Crippen molar-refractivity contribution in [1.82, 2.24) is 20.1 Å². The lowest BCUT2D eigenvalue weighted by molar-refractivity contribution is 0.0246. The van der Waals surface area contributed by atoms with Crippen LogP contribution < -0.4 is 4.90 Å². The molecule has 1 amide bonds. The van der Waals surface area contributed by atoms with E-state index in [4.69, 9.17) is 0 Å². The summed E-state index contributed by atoms with van der Waals surface area (Å²) in [7, 11) is 0. The van der Waals surface area contributed by atoms with Gasteiger partial charge < -0.3 is 14.9 Å². The van der Waals surface area contributed by atoms with E-state index in [1.165, 1.54) is 6.20 Å². The van der Waals surface area contributed by atoms with Crippen LogP contribution in [0.3, 0.4) is 0 Å². The van der Waals surface area contributed by atoms with E-state index in [0.717, 1.165) is 42.6 Å². The number of nitrogens with one attached hydrogen (secondary N) is 1. The largest absolute Gasteiger partial charge is 0.391 e. The molecule has 1 atom stereocenters. The van der Waals surface area contributed by atoms with E-state index in [9.17, 15) is 14.3 Å². The first-order chi connectivity index (χ1) is 14.5. The van der Waals surface area contributed by atoms with Crippen LogP contribution in [0.1, 0.15) is 59.8 Å². The summed E-state index contributed by atoms with van der Waals surface area (Å²) < 4.78 is 14.3. The number of amides is 1. The van der Waals surface area contributed by atoms with Crippen LogP contribution in [0.4, 0.5) is 10.1 Å². The number of aliphatic hydroxyl groups excluding tert-OH is 1. The van der Waals surface area contributed by atoms with Gasteiger partial charge in [0, 0.05) is 44.0 Å². The number of aromatic nitrogens is 3. The lowest BCUT2D eigenvalue weighted by atomic mass is 9.71. The number of aromatic amines is 1. The molecule has 2 aromatic rings. The molecule has 2 saturated heterocycles. The Morgan fingerprint density at radius 3 is 2.80 bits per heavy atom. The summed E-state index contributed by atoms with van der Waals surface area (Å²) in [5, 5.41) is 17.9. The standard InChI is InChI=1S/C22H28FN5O2/c1-14-19(20(26-25-14)15-2-3-15)21(30)27-8-5-22(6-9-27)10-16(29)12-28(13-22)18-4-7-24-11-17(18)23/h4,7,11,15-16,29H,2-3,5-6,8-10,12-13H2,1H3,(H,25,26). The number of anilines is 1. The molecule has 1 unspecified atom stereocenters. The van der Waals surface area contributed by atoms with Gasteiger partial charge in [0.2, 0.25) is 0 Å². The fraction of sp³-hybridized carbons (Fsp3) is 0.591. The van der Waals surface area contributed by atoms with Gasteiger partial charge in [-0.25, -0.2) is 4.39 Å². The first kappa shape index (κ1) is 19.5. The zero-order valence-corrected chi connectivity index (χ0v) is 17.3. The topological polar surface area (TPSA) is 85.3 Å². The molecule has 4 heterocycles. The maximum Gasteiger partial charge on any atom is 0.257 e. The molecule has 0 radical (unpaired) electrons. The summed E-state index contributed by atoms with van der Waals surface area (Å²) in [5.74, 6) is 0.117. The van der Waals surface area contributed by atoms with Crippen molar-refractivity contribution in [3.63, 3.8) is 0 Å². The summed E-state index contributed by atoms with van der Waals surface area (Å²) in [4.78, 5) is 20.9. The van der Waals surface area contributed by atoms with E-state index in [2.05, 4.69) is 15.2 Å². The van der Waals surface area contributed by atoms with Gasteiger partial charge in [0.15, 0.2) is 5.82 Å². The fourth-order valence-corrected chi connectivity index (χ4v) is 5.24. The third-order valence-corrected chi connectivity index (χ3v) is 6.98. The second kappa shape index (κ2) is 7.34. The number of nitrogens with zero attached hydrogens (tertiary/aromatic N) is 4. The van der Waals surface area contributed by atoms with Crippen LogP contribution in [-0.4, -0.2) is 63.4 Å². The molecule has 3 aliphatic rings. The molecular formula is C22H28FN5O2. The SMILES string of the molecule is Cc1[nH]nc(C2CC2)c1C(=O)N1CCC2(CC1)CC(O)CN(c1ccncc1F)C2. The lowest BCUT2D eigenvalue weighted by Crippen LogP contribution is -2.54. The average Bonchev–Trinajstić information content (AvgIpc) is 3.49. The predicted octanol–water partition coefficient (Wildman–Crippen LogP) is 2.62. The molecule has 160 valence electrons. The highest BCUT2D eigenvalue weighted by Crippen LogP contribution is 2.44. The van der Waals surface area contributed by atoms with Crippen LogP contribution in [0.2, 0.25) is 0 Å². The minimum absolute atomic E-state index is 0.0615. The van der Waals surface area contributed by atoms with Gasteiger partial charge in [-0.05, 0) is 50.5 Å². The molecule has 3 fully saturated rings. The monoisotopic (exact) mass is 413 g/mol. The highest BCUT2D eigenvalue weighted by Gasteiger charge is 2.43. The van der Waals surface area contributed by atoms with E-state index in [0.29, 0.717) is 44.2 Å². The minimum Gasteiger partial charge on any atom is -0.391 e. The molecule has 2 N–H and O–H groups in total. The number of likely N-dealkylation sites (tertiary alicyclic amines) is 1. The van der Waals surface area contributed by atoms with Crippen LogP contribution in [0.25, 0.3) is 0 Å². The van der Waals surface area contributed by atoms with Crippen molar-refractivity contribution in [2.75, 3.05) is 31.1 Å². The van der Waals surface area contributed by atoms with Crippen molar-refractivity contribution in [3.05, 3.63) is 41.2 Å². The van der Waals surface area contributed by atoms with Crippen molar-refractivity contribution >= 4 is 11.6 Å². The van der Waals surface area contributed by atoms with Crippen LogP contribution in [0.5, 0.6) is 0 Å². The van der Waals surface area contributed by atoms with E-state index < -0.39 is 6.10 Å². The van der Waals surface area contributed by atoms with Crippen molar-refractivity contribution in [3.8, 4) is 0 Å². The van der Waals surface area contributed by atoms with Crippen LogP contribution >= 0.6 is 0 Å². The molecule has 1 aliphatic carbocycles. The third-order valence-electron chi connectivity index (χ3n) is 6.98. The zero-order chi connectivity index (χ0) is 20.9. The molecule has 1 spiro atoms. The Hall–Kier alpha value is -2.48. The van der Waals surface area contributed by atoms with Crippen LogP contribution in [0, 0.1) is 18.2 Å². The number of halogens is 1. The molecule has 0 aromatic carbocycles. The Labute approximate surface area is 175 Å². The maximum atomic E-state index is 14.3. The zero-order valence-electron chi connectivity index (χ0n) is 17.3. The Morgan fingerprint density at radius 2 is 2.10 bits per heavy atom. The summed E-state index contributed by atoms with van der Waals surface area (Å²) >= 11 is 0. The number of hydrogen-bond donors (Lipinski definition) is 2. The molecule has 7 nitrogen and oxygen atoms in total. The molecular weight excluding hydrogens is 385 g/mol. The van der Waals surface area contributed by atoms with E-state index in [1.807, 2.05) is 16.7 Å². The highest BCUT2D eigenvalue weighted by atomic mass is 19.1. The fourth-order valence-electron chi connectivity index (χ4n) is 5.24. The second-order valence-electron chi connectivity index (χ2n) is 9.24. The molecule has 0 bridgehead atoms. The van der Waals surface area contributed by atoms with Crippen LogP contribution in [-0.2, 0) is 0 Å². The summed E-state index contributed by atoms with van der Waals surface area (Å²) in [6.45, 7) is 4.31. The van der Waals surface area contributed by atoms with Gasteiger partial charge in [0.1, 0.15) is 0 Å². The summed E-state index contributed by atoms with van der Waals surface area (Å²) in [6.07, 6.45) is 6.79. The number of H-pyrrole nitrogens is 1. The van der Waals surface area contributed by atoms with Gasteiger partial charge >= 0.3 is 0 Å². The van der Waals surface area contributed by atoms with Gasteiger partial charge in [-0.3, -0.25) is 14.9 Å². The van der Waals surface area contributed by atoms with Gasteiger partial charge in [0.05, 0.1) is 29.2 Å². The maximum absolute atomic E-state index is 14.3. The number of carbonyl (C=O) groups is 1. The van der Waals surface area contributed by atoms with Crippen molar-refractivity contribution < 1.29 is 14.3 Å². The number of pyridine rings is 1. The summed E-state index contributed by atoms with van der Waals surface area (Å²) in [6, 6.07) is 1.67. The van der Waals surface area contributed by atoms with Crippen LogP contribution in [0.15, 0.2) is 18.5 Å². The normalized spacial score (nSPS) is 23.8. The summed E-state index contributed by atoms with van der Waals surface area (Å²) in [5.41, 5.74) is 2.89. The van der Waals surface area contributed by atoms with E-state index >= 15 is 0 Å². The van der Waals surface area contributed by atoms with Gasteiger partial charge in [-0.1, -0.05) is 0 Å². The molecule has 30 heavy (non-hydrogen) atoms. The van der Waals surface area contributed by atoms with Crippen molar-refractivity contribution in [2.45, 2.75) is 51.0 Å². The Bertz CT molecular complexity index is 949. The molecule has 2 aliphatic heterocycles. The Kier molecular flexibility index (Phi) is 4.76. The van der Waals surface area contributed by atoms with E-state index in [1.54, 1.807) is 12.3 Å². The number of hydrogen-bond acceptors (Lipinski definition) is 5. The number of β-amino-alcohol motifs (C(OH)–C–C–N with tert-alkyl or cyclic N) is 1. The van der Waals surface area contributed by atoms with Crippen molar-refractivity contribution in [1.29, 1.82) is 0 Å². The molecule has 8 heteroatoms. The van der Waals surface area contributed by atoms with Gasteiger partial charge in [0.25, 0.3) is 5.91 Å². The minimum atomic E-state index is -0.508. The second-order valence-corrected chi connectivity index (χ2v) is 9.24. The molecule has 1 saturated carbocycles. The first-order valence-electron chi connectivity index (χ1n) is 10.8. The van der Waals surface area contributed by atoms with Crippen molar-refractivity contribution in [2.24, 2.45) is 5.41 Å². The average molecular weight is 413 g/mol. The number of piperidine rings is 2. The third kappa shape index (κ3) is 3.47. The number of rotatable bonds is 3. The quantitative estimate of drug-likeness (QED) is 0.808. The highest BCUT2D eigenvalue weighted by molar-refractivity contribution is 5.96. The van der Waals surface area contributed by atoms with Gasteiger partial charge in [-0.15, -0.1) is 0 Å². The molecule has 2 aromatic heterocycles. The lowest BCUT2D eigenvalue weighted by Gasteiger charge is -2.49. The molecule has 5 rings (SSSR count). The number of aryl methyl sites for hydroxylation is 1. The smallest absolute Gasteiger partial charge is 0.257 e. The predicted molar refractivity (Wildman–Crippen MR) is 110 cm³/mol. The number of aliphatic hydroxyl groups is 1. The first-order valence-corrected chi connectivity index (χ1v) is 10.8. The Balaban J connectivity index is 1.30. The Morgan fingerprint density at radius 1 is 1.33 bits per heavy atom. The number of carbonyl (C=O) groups excluding carboxylic acids is 1. The van der Waals surface area contributed by atoms with E-state index in [-0.39, 0.29) is 17.1 Å². The van der Waals surface area contributed by atoms with Gasteiger partial charge in [-0.2, -0.15) is 5.10 Å².